The molecule has 14 N–H and O–H groups in total. The van der Waals surface area contributed by atoms with Crippen molar-refractivity contribution >= 4 is 46.5 Å². The van der Waals surface area contributed by atoms with Crippen LogP contribution in [0.3, 0.4) is 0 Å². The zero-order valence-electron chi connectivity index (χ0n) is 23.8. The molecular formula is C27H37N11O6. The zero-order chi connectivity index (χ0) is 32.2. The van der Waals surface area contributed by atoms with Crippen LogP contribution in [0.15, 0.2) is 48.0 Å². The maximum Gasteiger partial charge on any atom is 0.326 e. The molecule has 0 fully saturated rings. The van der Waals surface area contributed by atoms with E-state index in [2.05, 4.69) is 35.9 Å². The summed E-state index contributed by atoms with van der Waals surface area (Å²) in [7, 11) is 0. The molecule has 2 heterocycles. The van der Waals surface area contributed by atoms with Crippen molar-refractivity contribution in [2.75, 3.05) is 6.54 Å². The number of guanidine groups is 1. The van der Waals surface area contributed by atoms with Gasteiger partial charge in [0.15, 0.2) is 5.96 Å². The Morgan fingerprint density at radius 3 is 2.25 bits per heavy atom. The van der Waals surface area contributed by atoms with Crippen LogP contribution in [-0.4, -0.2) is 86.3 Å². The molecule has 1 aromatic carbocycles. The number of nitrogens with two attached hydrogens (primary N) is 4. The van der Waals surface area contributed by atoms with Crippen LogP contribution in [-0.2, 0) is 36.8 Å². The lowest BCUT2D eigenvalue weighted by Gasteiger charge is -2.25. The Labute approximate surface area is 251 Å². The average Bonchev–Trinajstić information content (AvgIpc) is 3.63. The highest BCUT2D eigenvalue weighted by Crippen LogP contribution is 2.19. The van der Waals surface area contributed by atoms with Crippen molar-refractivity contribution in [3.8, 4) is 0 Å². The van der Waals surface area contributed by atoms with Crippen molar-refractivity contribution in [1.29, 1.82) is 0 Å². The number of nitrogens with zero attached hydrogens (tertiary/aromatic N) is 2. The van der Waals surface area contributed by atoms with E-state index >= 15 is 0 Å². The van der Waals surface area contributed by atoms with Gasteiger partial charge < -0.3 is 54.0 Å². The van der Waals surface area contributed by atoms with E-state index in [0.717, 1.165) is 16.5 Å². The maximum atomic E-state index is 13.5. The van der Waals surface area contributed by atoms with Gasteiger partial charge in [0.1, 0.15) is 18.1 Å². The molecule has 4 atom stereocenters. The highest BCUT2D eigenvalue weighted by molar-refractivity contribution is 5.95. The molecule has 0 spiro atoms. The second kappa shape index (κ2) is 15.7. The van der Waals surface area contributed by atoms with Crippen LogP contribution in [0.4, 0.5) is 0 Å². The Hall–Kier alpha value is -5.45. The second-order valence-electron chi connectivity index (χ2n) is 10.1. The molecule has 0 saturated heterocycles. The number of aliphatic carboxylic acids is 1. The highest BCUT2D eigenvalue weighted by Gasteiger charge is 2.31. The molecule has 17 heteroatoms. The standard InChI is InChI=1S/C27H37N11O6/c28-17(8-14-11-34-18-5-2-1-4-16(14)18)23(40)37-20(9-15-12-32-13-35-15)25(42)36-19(6-3-7-33-27(30)31)24(41)38-21(26(43)44)10-22(29)39/h1-2,4-5,11-13,17,19-21,34H,3,6-10,28H2,(H2,29,39)(H,32,35)(H,36,42)(H,37,40)(H,38,41)(H,43,44)(H4,30,31,33). The van der Waals surface area contributed by atoms with Gasteiger partial charge in [-0.2, -0.15) is 0 Å². The van der Waals surface area contributed by atoms with Crippen LogP contribution in [0.5, 0.6) is 0 Å². The molecule has 0 aliphatic carbocycles. The minimum atomic E-state index is -1.62. The van der Waals surface area contributed by atoms with E-state index in [1.165, 1.54) is 12.5 Å². The van der Waals surface area contributed by atoms with Gasteiger partial charge in [-0.1, -0.05) is 18.2 Å². The molecule has 2 aromatic heterocycles. The van der Waals surface area contributed by atoms with E-state index in [9.17, 15) is 29.1 Å². The van der Waals surface area contributed by atoms with Gasteiger partial charge in [-0.15, -0.1) is 0 Å². The fourth-order valence-corrected chi connectivity index (χ4v) is 4.45. The third-order valence-corrected chi connectivity index (χ3v) is 6.66. The number of carboxylic acids is 1. The molecule has 4 unspecified atom stereocenters. The van der Waals surface area contributed by atoms with Crippen molar-refractivity contribution in [1.82, 2.24) is 30.9 Å². The number of aromatic nitrogens is 3. The van der Waals surface area contributed by atoms with Crippen molar-refractivity contribution < 1.29 is 29.1 Å². The van der Waals surface area contributed by atoms with E-state index in [-0.39, 0.29) is 38.2 Å². The number of para-hydroxylation sites is 1. The van der Waals surface area contributed by atoms with Crippen LogP contribution in [0, 0.1) is 0 Å². The molecule has 3 rings (SSSR count). The molecule has 0 aliphatic heterocycles. The van der Waals surface area contributed by atoms with E-state index < -0.39 is 60.2 Å². The topological polar surface area (TPSA) is 303 Å². The summed E-state index contributed by atoms with van der Waals surface area (Å²) in [5, 5.41) is 17.8. The third kappa shape index (κ3) is 9.83. The molecule has 4 amide bonds. The zero-order valence-corrected chi connectivity index (χ0v) is 23.8. The molecule has 0 saturated carbocycles. The first-order valence-electron chi connectivity index (χ1n) is 13.7. The molecule has 0 aliphatic rings. The van der Waals surface area contributed by atoms with E-state index in [1.807, 2.05) is 24.3 Å². The predicted molar refractivity (Wildman–Crippen MR) is 159 cm³/mol. The van der Waals surface area contributed by atoms with Crippen molar-refractivity contribution in [3.05, 3.63) is 54.2 Å². The van der Waals surface area contributed by atoms with Crippen LogP contribution in [0.2, 0.25) is 0 Å². The van der Waals surface area contributed by atoms with Crippen molar-refractivity contribution in [2.45, 2.75) is 56.3 Å². The lowest BCUT2D eigenvalue weighted by atomic mass is 10.0. The monoisotopic (exact) mass is 611 g/mol. The van der Waals surface area contributed by atoms with Crippen molar-refractivity contribution in [3.63, 3.8) is 0 Å². The summed E-state index contributed by atoms with van der Waals surface area (Å²) in [6.45, 7) is 0.114. The number of aliphatic imine (C=N–C) groups is 1. The fourth-order valence-electron chi connectivity index (χ4n) is 4.45. The van der Waals surface area contributed by atoms with E-state index in [0.29, 0.717) is 5.69 Å². The number of carbonyl (C=O) groups excluding carboxylic acids is 4. The Morgan fingerprint density at radius 1 is 0.909 bits per heavy atom. The Balaban J connectivity index is 1.76. The summed E-state index contributed by atoms with van der Waals surface area (Å²) in [6.07, 6.45) is 4.33. The number of amides is 4. The van der Waals surface area contributed by atoms with Crippen LogP contribution >= 0.6 is 0 Å². The van der Waals surface area contributed by atoms with Gasteiger partial charge in [-0.05, 0) is 30.9 Å². The third-order valence-electron chi connectivity index (χ3n) is 6.66. The van der Waals surface area contributed by atoms with Gasteiger partial charge in [0, 0.05) is 42.0 Å². The summed E-state index contributed by atoms with van der Waals surface area (Å²) in [4.78, 5) is 76.5. The summed E-state index contributed by atoms with van der Waals surface area (Å²) in [6, 6.07) is 2.41. The minimum absolute atomic E-state index is 0.0118. The van der Waals surface area contributed by atoms with Gasteiger partial charge in [0.05, 0.1) is 18.8 Å². The highest BCUT2D eigenvalue weighted by atomic mass is 16.4. The quantitative estimate of drug-likeness (QED) is 0.0433. The van der Waals surface area contributed by atoms with E-state index in [1.54, 1.807) is 6.20 Å². The SMILES string of the molecule is NC(=O)CC(NC(=O)C(CCCN=C(N)N)NC(=O)C(Cc1cnc[nH]1)NC(=O)C(N)Cc1c[nH]c2ccccc12)C(=O)O. The first-order chi connectivity index (χ1) is 20.9. The smallest absolute Gasteiger partial charge is 0.326 e. The largest absolute Gasteiger partial charge is 0.480 e. The van der Waals surface area contributed by atoms with E-state index in [4.69, 9.17) is 22.9 Å². The average molecular weight is 612 g/mol. The summed E-state index contributed by atoms with van der Waals surface area (Å²) >= 11 is 0. The summed E-state index contributed by atoms with van der Waals surface area (Å²) < 4.78 is 0. The first-order valence-corrected chi connectivity index (χ1v) is 13.7. The fraction of sp³-hybridized carbons (Fsp3) is 0.370. The van der Waals surface area contributed by atoms with Gasteiger partial charge >= 0.3 is 5.97 Å². The van der Waals surface area contributed by atoms with Crippen LogP contribution in [0.1, 0.15) is 30.5 Å². The molecule has 44 heavy (non-hydrogen) atoms. The van der Waals surface area contributed by atoms with Gasteiger partial charge in [-0.25, -0.2) is 9.78 Å². The summed E-state index contributed by atoms with van der Waals surface area (Å²) in [5.41, 5.74) is 24.3. The van der Waals surface area contributed by atoms with Gasteiger partial charge in [0.25, 0.3) is 0 Å². The van der Waals surface area contributed by atoms with Crippen molar-refractivity contribution in [2.24, 2.45) is 27.9 Å². The number of benzene rings is 1. The Morgan fingerprint density at radius 2 is 1.59 bits per heavy atom. The molecule has 17 nitrogen and oxygen atoms in total. The number of H-pyrrole nitrogens is 2. The van der Waals surface area contributed by atoms with Crippen LogP contribution in [0.25, 0.3) is 10.9 Å². The number of fused-ring (bicyclic) bond motifs is 1. The molecule has 236 valence electrons. The summed E-state index contributed by atoms with van der Waals surface area (Å²) in [5.74, 6) is -4.87. The number of nitrogens with one attached hydrogen (secondary N) is 5. The van der Waals surface area contributed by atoms with Crippen LogP contribution < -0.4 is 38.9 Å². The molecule has 0 bridgehead atoms. The molecule has 0 radical (unpaired) electrons. The Bertz CT molecular complexity index is 1480. The second-order valence-corrected chi connectivity index (χ2v) is 10.1. The number of rotatable bonds is 17. The van der Waals surface area contributed by atoms with Gasteiger partial charge in [0.2, 0.25) is 23.6 Å². The molecular weight excluding hydrogens is 574 g/mol. The Kier molecular flexibility index (Phi) is 11.8. The lowest BCUT2D eigenvalue weighted by Crippen LogP contribution is -2.58. The number of imidazole rings is 1. The number of hydrogen-bond acceptors (Lipinski definition) is 8. The minimum Gasteiger partial charge on any atom is -0.480 e. The lowest BCUT2D eigenvalue weighted by molar-refractivity contribution is -0.143. The maximum absolute atomic E-state index is 13.5. The normalized spacial score (nSPS) is 13.7. The number of carboxylic acid groups (broad SMARTS) is 1. The first kappa shape index (κ1) is 33.1. The number of hydrogen-bond donors (Lipinski definition) is 10. The predicted octanol–water partition coefficient (Wildman–Crippen LogP) is -2.53. The number of primary amides is 1. The number of aromatic amines is 2. The van der Waals surface area contributed by atoms with Gasteiger partial charge in [-0.3, -0.25) is 24.2 Å². The number of carbonyl (C=O) groups is 5. The molecule has 3 aromatic rings.